The zero-order valence-corrected chi connectivity index (χ0v) is 13.8. The van der Waals surface area contributed by atoms with Gasteiger partial charge in [0.05, 0.1) is 29.2 Å². The molecule has 0 spiro atoms. The van der Waals surface area contributed by atoms with Gasteiger partial charge in [-0.1, -0.05) is 18.2 Å². The summed E-state index contributed by atoms with van der Waals surface area (Å²) in [6, 6.07) is 10.3. The van der Waals surface area contributed by atoms with Gasteiger partial charge >= 0.3 is 5.97 Å². The largest absolute Gasteiger partial charge is 0.465 e. The summed E-state index contributed by atoms with van der Waals surface area (Å²) in [5.41, 5.74) is 0.719. The number of hydrogen-bond acceptors (Lipinski definition) is 5. The van der Waals surface area contributed by atoms with Crippen molar-refractivity contribution in [1.82, 2.24) is 4.90 Å². The van der Waals surface area contributed by atoms with Crippen molar-refractivity contribution in [3.63, 3.8) is 0 Å². The maximum absolute atomic E-state index is 12.3. The number of nitrogens with zero attached hydrogens (tertiary/aromatic N) is 1. The highest BCUT2D eigenvalue weighted by atomic mass is 32.1. The minimum atomic E-state index is -0.506. The minimum Gasteiger partial charge on any atom is -0.465 e. The maximum atomic E-state index is 12.3. The normalized spacial score (nSPS) is 14.0. The molecule has 3 rings (SSSR count). The van der Waals surface area contributed by atoms with Crippen LogP contribution >= 0.6 is 11.3 Å². The van der Waals surface area contributed by atoms with Crippen LogP contribution in [0, 0.1) is 5.92 Å². The molecule has 0 saturated carbocycles. The minimum absolute atomic E-state index is 0.0518. The number of carbonyl (C=O) groups is 3. The van der Waals surface area contributed by atoms with E-state index in [1.54, 1.807) is 35.2 Å². The van der Waals surface area contributed by atoms with Crippen LogP contribution in [0.2, 0.25) is 0 Å². The first kappa shape index (κ1) is 16.2. The van der Waals surface area contributed by atoms with Crippen molar-refractivity contribution < 1.29 is 19.1 Å². The van der Waals surface area contributed by atoms with Crippen molar-refractivity contribution in [3.8, 4) is 0 Å². The summed E-state index contributed by atoms with van der Waals surface area (Å²) in [5.74, 6) is -1.04. The number of amides is 2. The standard InChI is InChI=1S/C17H16N2O4S/c1-23-17(22)12-5-2-3-6-13(12)18-15(20)11-9-19(10-11)16(21)14-7-4-8-24-14/h2-8,11H,9-10H2,1H3,(H,18,20). The molecule has 1 aromatic heterocycles. The fourth-order valence-electron chi connectivity index (χ4n) is 2.48. The van der Waals surface area contributed by atoms with Crippen molar-refractivity contribution >= 4 is 34.8 Å². The highest BCUT2D eigenvalue weighted by molar-refractivity contribution is 7.12. The number of ether oxygens (including phenoxy) is 1. The number of benzene rings is 1. The molecule has 0 unspecified atom stereocenters. The van der Waals surface area contributed by atoms with Crippen LogP contribution in [-0.2, 0) is 9.53 Å². The van der Waals surface area contributed by atoms with Gasteiger partial charge in [-0.15, -0.1) is 11.3 Å². The maximum Gasteiger partial charge on any atom is 0.339 e. The van der Waals surface area contributed by atoms with E-state index in [1.165, 1.54) is 18.4 Å². The number of esters is 1. The van der Waals surface area contributed by atoms with E-state index in [-0.39, 0.29) is 17.7 Å². The lowest BCUT2D eigenvalue weighted by molar-refractivity contribution is -0.123. The summed E-state index contributed by atoms with van der Waals surface area (Å²) in [6.45, 7) is 0.756. The van der Waals surface area contributed by atoms with Gasteiger partial charge in [0.25, 0.3) is 5.91 Å². The predicted octanol–water partition coefficient (Wildman–Crippen LogP) is 2.25. The lowest BCUT2D eigenvalue weighted by Crippen LogP contribution is -2.54. The van der Waals surface area contributed by atoms with Gasteiger partial charge in [-0.05, 0) is 23.6 Å². The summed E-state index contributed by atoms with van der Waals surface area (Å²) >= 11 is 1.39. The molecule has 1 aliphatic rings. The molecule has 0 bridgehead atoms. The molecule has 2 amide bonds. The Hall–Kier alpha value is -2.67. The van der Waals surface area contributed by atoms with Crippen LogP contribution in [0.3, 0.4) is 0 Å². The molecular weight excluding hydrogens is 328 g/mol. The zero-order valence-electron chi connectivity index (χ0n) is 13.0. The van der Waals surface area contributed by atoms with E-state index in [1.807, 2.05) is 11.4 Å². The summed E-state index contributed by atoms with van der Waals surface area (Å²) < 4.78 is 4.71. The second-order valence-corrected chi connectivity index (χ2v) is 6.36. The number of hydrogen-bond donors (Lipinski definition) is 1. The van der Waals surface area contributed by atoms with Crippen molar-refractivity contribution in [1.29, 1.82) is 0 Å². The second-order valence-electron chi connectivity index (χ2n) is 5.41. The number of thiophene rings is 1. The SMILES string of the molecule is COC(=O)c1ccccc1NC(=O)C1CN(C(=O)c2cccs2)C1. The summed E-state index contributed by atoms with van der Waals surface area (Å²) in [4.78, 5) is 38.5. The smallest absolute Gasteiger partial charge is 0.339 e. The lowest BCUT2D eigenvalue weighted by atomic mass is 9.98. The van der Waals surface area contributed by atoms with Gasteiger partial charge in [-0.25, -0.2) is 4.79 Å². The molecule has 2 aromatic rings. The molecule has 1 fully saturated rings. The third-order valence-corrected chi connectivity index (χ3v) is 4.72. The first-order valence-corrected chi connectivity index (χ1v) is 8.29. The van der Waals surface area contributed by atoms with Crippen molar-refractivity contribution in [3.05, 3.63) is 52.2 Å². The van der Waals surface area contributed by atoms with Crippen LogP contribution in [0.4, 0.5) is 5.69 Å². The molecule has 0 atom stereocenters. The van der Waals surface area contributed by atoms with Crippen molar-refractivity contribution in [2.24, 2.45) is 5.92 Å². The van der Waals surface area contributed by atoms with Gasteiger partial charge in [0.2, 0.25) is 5.91 Å². The Balaban J connectivity index is 1.60. The number of nitrogens with one attached hydrogen (secondary N) is 1. The van der Waals surface area contributed by atoms with Crippen molar-refractivity contribution in [2.75, 3.05) is 25.5 Å². The quantitative estimate of drug-likeness (QED) is 0.863. The molecule has 1 saturated heterocycles. The number of anilines is 1. The molecule has 0 radical (unpaired) electrons. The molecule has 7 heteroatoms. The van der Waals surface area contributed by atoms with Crippen LogP contribution in [0.15, 0.2) is 41.8 Å². The Labute approximate surface area is 143 Å². The van der Waals surface area contributed by atoms with Gasteiger partial charge < -0.3 is 15.0 Å². The molecule has 2 heterocycles. The number of likely N-dealkylation sites (tertiary alicyclic amines) is 1. The third-order valence-electron chi connectivity index (χ3n) is 3.86. The van der Waals surface area contributed by atoms with Gasteiger partial charge in [0, 0.05) is 13.1 Å². The molecule has 1 aliphatic heterocycles. The van der Waals surface area contributed by atoms with Gasteiger partial charge in [-0.3, -0.25) is 9.59 Å². The Morgan fingerprint density at radius 1 is 1.17 bits per heavy atom. The van der Waals surface area contributed by atoms with E-state index in [9.17, 15) is 14.4 Å². The summed E-state index contributed by atoms with van der Waals surface area (Å²) in [5, 5.41) is 4.59. The fourth-order valence-corrected chi connectivity index (χ4v) is 3.17. The predicted molar refractivity (Wildman–Crippen MR) is 90.1 cm³/mol. The Bertz CT molecular complexity index is 767. The van der Waals surface area contributed by atoms with Crippen LogP contribution in [0.5, 0.6) is 0 Å². The lowest BCUT2D eigenvalue weighted by Gasteiger charge is -2.38. The summed E-state index contributed by atoms with van der Waals surface area (Å²) in [6.07, 6.45) is 0. The molecule has 124 valence electrons. The third kappa shape index (κ3) is 3.16. The van der Waals surface area contributed by atoms with E-state index < -0.39 is 5.97 Å². The molecule has 1 aromatic carbocycles. The number of methoxy groups -OCH3 is 1. The van der Waals surface area contributed by atoms with Gasteiger partial charge in [0.1, 0.15) is 0 Å². The monoisotopic (exact) mass is 344 g/mol. The number of carbonyl (C=O) groups excluding carboxylic acids is 3. The molecular formula is C17H16N2O4S. The number of rotatable bonds is 4. The van der Waals surface area contributed by atoms with E-state index >= 15 is 0 Å². The Kier molecular flexibility index (Phi) is 4.61. The highest BCUT2D eigenvalue weighted by Crippen LogP contribution is 2.23. The molecule has 24 heavy (non-hydrogen) atoms. The van der Waals surface area contributed by atoms with Crippen LogP contribution in [0.25, 0.3) is 0 Å². The summed E-state index contributed by atoms with van der Waals surface area (Å²) in [7, 11) is 1.29. The Morgan fingerprint density at radius 3 is 2.58 bits per heavy atom. The fraction of sp³-hybridized carbons (Fsp3) is 0.235. The van der Waals surface area contributed by atoms with E-state index in [0.29, 0.717) is 29.2 Å². The molecule has 0 aliphatic carbocycles. The second kappa shape index (κ2) is 6.84. The average Bonchev–Trinajstić information content (AvgIpc) is 3.07. The Morgan fingerprint density at radius 2 is 1.92 bits per heavy atom. The van der Waals surface area contributed by atoms with Crippen LogP contribution < -0.4 is 5.32 Å². The van der Waals surface area contributed by atoms with E-state index in [0.717, 1.165) is 0 Å². The van der Waals surface area contributed by atoms with Crippen molar-refractivity contribution in [2.45, 2.75) is 0 Å². The van der Waals surface area contributed by atoms with Crippen LogP contribution in [-0.4, -0.2) is 42.9 Å². The van der Waals surface area contributed by atoms with Gasteiger partial charge in [-0.2, -0.15) is 0 Å². The van der Waals surface area contributed by atoms with Gasteiger partial charge in [0.15, 0.2) is 0 Å². The first-order chi connectivity index (χ1) is 11.6. The van der Waals surface area contributed by atoms with E-state index in [4.69, 9.17) is 4.74 Å². The highest BCUT2D eigenvalue weighted by Gasteiger charge is 2.36. The topological polar surface area (TPSA) is 75.7 Å². The average molecular weight is 344 g/mol. The zero-order chi connectivity index (χ0) is 17.1. The van der Waals surface area contributed by atoms with E-state index in [2.05, 4.69) is 5.32 Å². The molecule has 6 nitrogen and oxygen atoms in total. The number of para-hydroxylation sites is 1. The van der Waals surface area contributed by atoms with Crippen LogP contribution in [0.1, 0.15) is 20.0 Å². The molecule has 1 N–H and O–H groups in total. The first-order valence-electron chi connectivity index (χ1n) is 7.41.